The highest BCUT2D eigenvalue weighted by Crippen LogP contribution is 2.41. The number of ether oxygens (including phenoxy) is 1. The predicted molar refractivity (Wildman–Crippen MR) is 109 cm³/mol. The molecule has 5 heteroatoms. The summed E-state index contributed by atoms with van der Waals surface area (Å²) < 4.78 is 20.6. The number of nitrogens with zero attached hydrogens (tertiary/aromatic N) is 1. The SMILES string of the molecule is COc1cccc(F)c1C(c1cc2ccccc2[nH]1)N1Cc2ccccc2C1=O. The highest BCUT2D eigenvalue weighted by Gasteiger charge is 2.37. The van der Waals surface area contributed by atoms with E-state index in [9.17, 15) is 4.79 Å². The van der Waals surface area contributed by atoms with E-state index in [0.717, 1.165) is 22.2 Å². The molecule has 0 aliphatic carbocycles. The molecular formula is C24H19FN2O2. The van der Waals surface area contributed by atoms with Gasteiger partial charge in [-0.3, -0.25) is 4.79 Å². The van der Waals surface area contributed by atoms with E-state index in [1.54, 1.807) is 17.0 Å². The topological polar surface area (TPSA) is 45.3 Å². The smallest absolute Gasteiger partial charge is 0.255 e. The largest absolute Gasteiger partial charge is 0.496 e. The lowest BCUT2D eigenvalue weighted by Gasteiger charge is -2.29. The zero-order chi connectivity index (χ0) is 20.0. The zero-order valence-corrected chi connectivity index (χ0v) is 15.9. The fourth-order valence-electron chi connectivity index (χ4n) is 4.17. The molecule has 1 unspecified atom stereocenters. The van der Waals surface area contributed by atoms with Gasteiger partial charge in [-0.05, 0) is 41.3 Å². The van der Waals surface area contributed by atoms with Crippen molar-refractivity contribution in [1.29, 1.82) is 0 Å². The Kier molecular flexibility index (Phi) is 4.09. The first kappa shape index (κ1) is 17.5. The van der Waals surface area contributed by atoms with E-state index in [1.807, 2.05) is 54.6 Å². The Bertz CT molecular complexity index is 1200. The maximum absolute atomic E-state index is 15.1. The van der Waals surface area contributed by atoms with Crippen LogP contribution in [0.5, 0.6) is 5.75 Å². The van der Waals surface area contributed by atoms with Crippen molar-refractivity contribution in [3.05, 3.63) is 101 Å². The van der Waals surface area contributed by atoms with Crippen LogP contribution in [0.4, 0.5) is 4.39 Å². The van der Waals surface area contributed by atoms with E-state index in [0.29, 0.717) is 23.4 Å². The van der Waals surface area contributed by atoms with Gasteiger partial charge < -0.3 is 14.6 Å². The fraction of sp³-hybridized carbons (Fsp3) is 0.125. The third kappa shape index (κ3) is 2.78. The molecule has 29 heavy (non-hydrogen) atoms. The Morgan fingerprint density at radius 1 is 1.03 bits per heavy atom. The monoisotopic (exact) mass is 386 g/mol. The van der Waals surface area contributed by atoms with Gasteiger partial charge in [-0.1, -0.05) is 42.5 Å². The summed E-state index contributed by atoms with van der Waals surface area (Å²) in [5, 5.41) is 1.01. The fourth-order valence-corrected chi connectivity index (χ4v) is 4.17. The lowest BCUT2D eigenvalue weighted by molar-refractivity contribution is 0.0724. The van der Waals surface area contributed by atoms with Gasteiger partial charge in [0.05, 0.1) is 12.7 Å². The molecule has 0 saturated carbocycles. The van der Waals surface area contributed by atoms with Crippen molar-refractivity contribution < 1.29 is 13.9 Å². The highest BCUT2D eigenvalue weighted by molar-refractivity contribution is 5.99. The lowest BCUT2D eigenvalue weighted by atomic mass is 10.00. The molecule has 3 aromatic carbocycles. The minimum Gasteiger partial charge on any atom is -0.496 e. The minimum atomic E-state index is -0.640. The summed E-state index contributed by atoms with van der Waals surface area (Å²) in [6.07, 6.45) is 0. The van der Waals surface area contributed by atoms with Crippen LogP contribution in [0.15, 0.2) is 72.8 Å². The van der Waals surface area contributed by atoms with Crippen molar-refractivity contribution in [2.75, 3.05) is 7.11 Å². The molecule has 1 amide bonds. The van der Waals surface area contributed by atoms with Gasteiger partial charge in [0.25, 0.3) is 5.91 Å². The van der Waals surface area contributed by atoms with Crippen LogP contribution in [0, 0.1) is 5.82 Å². The number of hydrogen-bond donors (Lipinski definition) is 1. The number of aromatic nitrogens is 1. The molecule has 2 heterocycles. The number of fused-ring (bicyclic) bond motifs is 2. The number of H-pyrrole nitrogens is 1. The average Bonchev–Trinajstić information content (AvgIpc) is 3.31. The van der Waals surface area contributed by atoms with Crippen molar-refractivity contribution in [1.82, 2.24) is 9.88 Å². The van der Waals surface area contributed by atoms with Crippen molar-refractivity contribution in [2.24, 2.45) is 0 Å². The van der Waals surface area contributed by atoms with Gasteiger partial charge >= 0.3 is 0 Å². The first-order valence-electron chi connectivity index (χ1n) is 9.46. The number of benzene rings is 3. The third-order valence-electron chi connectivity index (χ3n) is 5.51. The number of nitrogens with one attached hydrogen (secondary N) is 1. The molecule has 0 bridgehead atoms. The Morgan fingerprint density at radius 3 is 2.62 bits per heavy atom. The van der Waals surface area contributed by atoms with Gasteiger partial charge in [0.1, 0.15) is 17.6 Å². The summed E-state index contributed by atoms with van der Waals surface area (Å²) in [5.74, 6) is -0.108. The van der Waals surface area contributed by atoms with Crippen LogP contribution in [0.25, 0.3) is 10.9 Å². The van der Waals surface area contributed by atoms with Crippen molar-refractivity contribution >= 4 is 16.8 Å². The summed E-state index contributed by atoms with van der Waals surface area (Å²) in [7, 11) is 1.51. The van der Waals surface area contributed by atoms with Crippen LogP contribution >= 0.6 is 0 Å². The molecule has 1 aromatic heterocycles. The lowest BCUT2D eigenvalue weighted by Crippen LogP contribution is -2.31. The Balaban J connectivity index is 1.72. The maximum Gasteiger partial charge on any atom is 0.255 e. The third-order valence-corrected chi connectivity index (χ3v) is 5.51. The van der Waals surface area contributed by atoms with Gasteiger partial charge in [-0.2, -0.15) is 0 Å². The summed E-state index contributed by atoms with van der Waals surface area (Å²) >= 11 is 0. The second-order valence-corrected chi connectivity index (χ2v) is 7.16. The molecule has 144 valence electrons. The second-order valence-electron chi connectivity index (χ2n) is 7.16. The second kappa shape index (κ2) is 6.78. The maximum atomic E-state index is 15.1. The molecule has 1 atom stereocenters. The predicted octanol–water partition coefficient (Wildman–Crippen LogP) is 5.06. The van der Waals surface area contributed by atoms with E-state index in [-0.39, 0.29) is 5.91 Å². The number of aromatic amines is 1. The molecule has 5 rings (SSSR count). The number of methoxy groups -OCH3 is 1. The molecule has 0 spiro atoms. The highest BCUT2D eigenvalue weighted by atomic mass is 19.1. The van der Waals surface area contributed by atoms with E-state index in [2.05, 4.69) is 4.98 Å². The molecule has 1 aliphatic rings. The number of halogens is 1. The van der Waals surface area contributed by atoms with Crippen LogP contribution in [0.3, 0.4) is 0 Å². The van der Waals surface area contributed by atoms with Gasteiger partial charge in [-0.15, -0.1) is 0 Å². The van der Waals surface area contributed by atoms with E-state index < -0.39 is 11.9 Å². The molecule has 4 aromatic rings. The van der Waals surface area contributed by atoms with Crippen LogP contribution in [-0.2, 0) is 6.54 Å². The Hall–Kier alpha value is -3.60. The average molecular weight is 386 g/mol. The van der Waals surface area contributed by atoms with Crippen molar-refractivity contribution in [2.45, 2.75) is 12.6 Å². The summed E-state index contributed by atoms with van der Waals surface area (Å²) in [5.41, 5.74) is 3.63. The van der Waals surface area contributed by atoms with Crippen molar-refractivity contribution in [3.8, 4) is 5.75 Å². The molecule has 0 fully saturated rings. The van der Waals surface area contributed by atoms with Gasteiger partial charge in [-0.25, -0.2) is 4.39 Å². The summed E-state index contributed by atoms with van der Waals surface area (Å²) in [4.78, 5) is 18.3. The van der Waals surface area contributed by atoms with Crippen LogP contribution in [0.1, 0.15) is 33.2 Å². The first-order valence-corrected chi connectivity index (χ1v) is 9.46. The molecular weight excluding hydrogens is 367 g/mol. The van der Waals surface area contributed by atoms with Crippen LogP contribution < -0.4 is 4.74 Å². The van der Waals surface area contributed by atoms with Crippen molar-refractivity contribution in [3.63, 3.8) is 0 Å². The number of hydrogen-bond acceptors (Lipinski definition) is 2. The number of carbonyl (C=O) groups is 1. The van der Waals surface area contributed by atoms with Crippen LogP contribution in [0.2, 0.25) is 0 Å². The molecule has 0 radical (unpaired) electrons. The molecule has 1 N–H and O–H groups in total. The molecule has 0 saturated heterocycles. The first-order chi connectivity index (χ1) is 14.2. The number of para-hydroxylation sites is 1. The Morgan fingerprint density at radius 2 is 1.83 bits per heavy atom. The van der Waals surface area contributed by atoms with E-state index in [1.165, 1.54) is 13.2 Å². The van der Waals surface area contributed by atoms with E-state index >= 15 is 4.39 Å². The number of carbonyl (C=O) groups excluding carboxylic acids is 1. The molecule has 4 nitrogen and oxygen atoms in total. The standard InChI is InChI=1S/C24H19FN2O2/c1-29-21-12-6-10-18(25)22(21)23(20-13-15-7-3-5-11-19(15)26-20)27-14-16-8-2-4-9-17(16)24(27)28/h2-13,23,26H,14H2,1H3. The summed E-state index contributed by atoms with van der Waals surface area (Å²) in [6, 6.07) is 21.4. The number of rotatable bonds is 4. The quantitative estimate of drug-likeness (QED) is 0.533. The normalized spacial score (nSPS) is 14.3. The number of amides is 1. The van der Waals surface area contributed by atoms with Gasteiger partial charge in [0, 0.05) is 23.3 Å². The van der Waals surface area contributed by atoms with Gasteiger partial charge in [0.2, 0.25) is 0 Å². The van der Waals surface area contributed by atoms with E-state index in [4.69, 9.17) is 4.74 Å². The molecule has 1 aliphatic heterocycles. The van der Waals surface area contributed by atoms with Gasteiger partial charge in [0.15, 0.2) is 0 Å². The minimum absolute atomic E-state index is 0.116. The summed E-state index contributed by atoms with van der Waals surface area (Å²) in [6.45, 7) is 0.409. The zero-order valence-electron chi connectivity index (χ0n) is 15.9. The van der Waals surface area contributed by atoms with Crippen LogP contribution in [-0.4, -0.2) is 22.9 Å². The Labute approximate surface area is 167 Å².